The topological polar surface area (TPSA) is 70.7 Å². The van der Waals surface area contributed by atoms with Gasteiger partial charge >= 0.3 is 0 Å². The summed E-state index contributed by atoms with van der Waals surface area (Å²) in [5.41, 5.74) is 3.75. The fourth-order valence-corrected chi connectivity index (χ4v) is 4.37. The third-order valence-corrected chi connectivity index (χ3v) is 6.12. The first-order valence-corrected chi connectivity index (χ1v) is 10.2. The van der Waals surface area contributed by atoms with Crippen LogP contribution in [0.2, 0.25) is 0 Å². The van der Waals surface area contributed by atoms with Crippen molar-refractivity contribution in [3.8, 4) is 0 Å². The van der Waals surface area contributed by atoms with E-state index in [9.17, 15) is 4.79 Å². The predicted molar refractivity (Wildman–Crippen MR) is 110 cm³/mol. The van der Waals surface area contributed by atoms with Crippen molar-refractivity contribution in [3.05, 3.63) is 53.3 Å². The molecular weight excluding hydrogens is 364 g/mol. The van der Waals surface area contributed by atoms with Gasteiger partial charge < -0.3 is 10.3 Å². The van der Waals surface area contributed by atoms with Crippen LogP contribution < -0.4 is 5.32 Å². The van der Waals surface area contributed by atoms with E-state index in [0.29, 0.717) is 5.75 Å². The molecule has 0 saturated carbocycles. The number of fused-ring (bicyclic) bond motifs is 2. The Morgan fingerprint density at radius 2 is 2.08 bits per heavy atom. The van der Waals surface area contributed by atoms with Crippen molar-refractivity contribution < 1.29 is 4.79 Å². The van der Waals surface area contributed by atoms with E-state index in [0.717, 1.165) is 37.8 Å². The fourth-order valence-electron chi connectivity index (χ4n) is 2.76. The van der Waals surface area contributed by atoms with Crippen molar-refractivity contribution >= 4 is 55.9 Å². The standard InChI is InChI=1S/C19H18N4OS2/c1-11(19-22-14-5-3-4-6-15(14)23-19)25-10-18(24)21-13-7-8-16-17(9-13)26-12(2)20-16/h3-9,11H,10H2,1-2H3,(H,21,24)(H,22,23)/t11-/m0/s1. The number of rotatable bonds is 5. The molecule has 1 amide bonds. The van der Waals surface area contributed by atoms with Crippen molar-refractivity contribution in [3.63, 3.8) is 0 Å². The number of hydrogen-bond acceptors (Lipinski definition) is 5. The maximum atomic E-state index is 12.3. The summed E-state index contributed by atoms with van der Waals surface area (Å²) >= 11 is 3.20. The Morgan fingerprint density at radius 3 is 2.92 bits per heavy atom. The van der Waals surface area contributed by atoms with Gasteiger partial charge in [-0.25, -0.2) is 9.97 Å². The number of nitrogens with one attached hydrogen (secondary N) is 2. The Labute approximate surface area is 159 Å². The van der Waals surface area contributed by atoms with E-state index in [1.165, 1.54) is 0 Å². The molecule has 1 atom stereocenters. The summed E-state index contributed by atoms with van der Waals surface area (Å²) in [6.07, 6.45) is 0. The molecule has 2 N–H and O–H groups in total. The number of anilines is 1. The smallest absolute Gasteiger partial charge is 0.234 e. The van der Waals surface area contributed by atoms with Gasteiger partial charge in [0.1, 0.15) is 5.82 Å². The zero-order chi connectivity index (χ0) is 18.1. The highest BCUT2D eigenvalue weighted by atomic mass is 32.2. The molecule has 0 saturated heterocycles. The quantitative estimate of drug-likeness (QED) is 0.514. The first-order valence-electron chi connectivity index (χ1n) is 8.32. The molecule has 0 spiro atoms. The molecule has 2 heterocycles. The molecule has 0 radical (unpaired) electrons. The first kappa shape index (κ1) is 17.1. The summed E-state index contributed by atoms with van der Waals surface area (Å²) in [7, 11) is 0. The van der Waals surface area contributed by atoms with Crippen LogP contribution in [0, 0.1) is 6.92 Å². The Balaban J connectivity index is 1.37. The van der Waals surface area contributed by atoms with Crippen molar-refractivity contribution in [2.24, 2.45) is 0 Å². The van der Waals surface area contributed by atoms with Gasteiger partial charge in [0.15, 0.2) is 0 Å². The molecule has 5 nitrogen and oxygen atoms in total. The van der Waals surface area contributed by atoms with E-state index in [-0.39, 0.29) is 11.2 Å². The molecule has 0 fully saturated rings. The number of aromatic nitrogens is 3. The minimum absolute atomic E-state index is 0.0152. The lowest BCUT2D eigenvalue weighted by atomic mass is 10.3. The van der Waals surface area contributed by atoms with Crippen LogP contribution in [-0.2, 0) is 4.79 Å². The lowest BCUT2D eigenvalue weighted by Gasteiger charge is -2.09. The van der Waals surface area contributed by atoms with Gasteiger partial charge in [0, 0.05) is 5.69 Å². The van der Waals surface area contributed by atoms with Gasteiger partial charge in [-0.2, -0.15) is 0 Å². The second kappa shape index (κ2) is 7.09. The molecule has 0 unspecified atom stereocenters. The number of carbonyl (C=O) groups excluding carboxylic acids is 1. The zero-order valence-corrected chi connectivity index (χ0v) is 16.1. The lowest BCUT2D eigenvalue weighted by molar-refractivity contribution is -0.113. The number of para-hydroxylation sites is 2. The first-order chi connectivity index (χ1) is 12.6. The SMILES string of the molecule is Cc1nc2ccc(NC(=O)CS[C@@H](C)c3nc4ccccc4[nH]3)cc2s1. The van der Waals surface area contributed by atoms with Crippen molar-refractivity contribution in [1.82, 2.24) is 15.0 Å². The zero-order valence-electron chi connectivity index (χ0n) is 14.4. The molecule has 2 aromatic heterocycles. The molecule has 26 heavy (non-hydrogen) atoms. The molecule has 132 valence electrons. The maximum absolute atomic E-state index is 12.3. The van der Waals surface area contributed by atoms with Gasteiger partial charge in [-0.05, 0) is 44.2 Å². The van der Waals surface area contributed by atoms with Crippen LogP contribution in [0.25, 0.3) is 21.3 Å². The molecule has 4 aromatic rings. The number of imidazole rings is 1. The molecule has 0 aliphatic rings. The minimum atomic E-state index is -0.0152. The van der Waals surface area contributed by atoms with E-state index in [4.69, 9.17) is 0 Å². The molecule has 2 aromatic carbocycles. The van der Waals surface area contributed by atoms with Crippen molar-refractivity contribution in [2.75, 3.05) is 11.1 Å². The van der Waals surface area contributed by atoms with Gasteiger partial charge in [0.05, 0.1) is 37.3 Å². The van der Waals surface area contributed by atoms with Crippen molar-refractivity contribution in [2.45, 2.75) is 19.1 Å². The summed E-state index contributed by atoms with van der Waals surface area (Å²) in [5.74, 6) is 1.25. The average molecular weight is 383 g/mol. The van der Waals surface area contributed by atoms with E-state index in [1.807, 2.05) is 49.4 Å². The van der Waals surface area contributed by atoms with Crippen molar-refractivity contribution in [1.29, 1.82) is 0 Å². The summed E-state index contributed by atoms with van der Waals surface area (Å²) in [5, 5.41) is 4.10. The number of aryl methyl sites for hydroxylation is 1. The second-order valence-corrected chi connectivity index (χ2v) is 8.62. The van der Waals surface area contributed by atoms with Gasteiger partial charge in [0.2, 0.25) is 5.91 Å². The Hall–Kier alpha value is -2.38. The largest absolute Gasteiger partial charge is 0.341 e. The molecule has 0 aliphatic heterocycles. The molecule has 4 rings (SSSR count). The number of benzene rings is 2. The molecule has 0 aliphatic carbocycles. The highest BCUT2D eigenvalue weighted by Gasteiger charge is 2.13. The van der Waals surface area contributed by atoms with Crippen LogP contribution in [0.1, 0.15) is 23.0 Å². The minimum Gasteiger partial charge on any atom is -0.341 e. The number of aromatic amines is 1. The van der Waals surface area contributed by atoms with E-state index < -0.39 is 0 Å². The fraction of sp³-hybridized carbons (Fsp3) is 0.211. The second-order valence-electron chi connectivity index (χ2n) is 6.06. The number of amides is 1. The summed E-state index contributed by atoms with van der Waals surface area (Å²) in [6.45, 7) is 4.04. The summed E-state index contributed by atoms with van der Waals surface area (Å²) in [4.78, 5) is 24.6. The van der Waals surface area contributed by atoms with E-state index in [2.05, 4.69) is 27.2 Å². The van der Waals surface area contributed by atoms with E-state index in [1.54, 1.807) is 23.1 Å². The predicted octanol–water partition coefficient (Wildman–Crippen LogP) is 4.91. The third-order valence-electron chi connectivity index (χ3n) is 4.04. The monoisotopic (exact) mass is 382 g/mol. The van der Waals surface area contributed by atoms with Gasteiger partial charge in [0.25, 0.3) is 0 Å². The number of nitrogens with zero attached hydrogens (tertiary/aromatic N) is 2. The lowest BCUT2D eigenvalue weighted by Crippen LogP contribution is -2.14. The third kappa shape index (κ3) is 3.59. The number of thioether (sulfide) groups is 1. The Kier molecular flexibility index (Phi) is 4.65. The van der Waals surface area contributed by atoms with Gasteiger partial charge in [-0.3, -0.25) is 4.79 Å². The summed E-state index contributed by atoms with van der Waals surface area (Å²) in [6, 6.07) is 13.8. The van der Waals surface area contributed by atoms with Crippen LogP contribution in [0.15, 0.2) is 42.5 Å². The normalized spacial score (nSPS) is 12.5. The maximum Gasteiger partial charge on any atom is 0.234 e. The van der Waals surface area contributed by atoms with Crippen LogP contribution in [0.3, 0.4) is 0 Å². The Morgan fingerprint density at radius 1 is 1.23 bits per heavy atom. The van der Waals surface area contributed by atoms with E-state index >= 15 is 0 Å². The van der Waals surface area contributed by atoms with Crippen LogP contribution >= 0.6 is 23.1 Å². The molecule has 7 heteroatoms. The van der Waals surface area contributed by atoms with Crippen LogP contribution in [0.5, 0.6) is 0 Å². The highest BCUT2D eigenvalue weighted by molar-refractivity contribution is 8.00. The van der Waals surface area contributed by atoms with Gasteiger partial charge in [-0.1, -0.05) is 12.1 Å². The average Bonchev–Trinajstić information content (AvgIpc) is 3.21. The Bertz CT molecular complexity index is 1050. The summed E-state index contributed by atoms with van der Waals surface area (Å²) < 4.78 is 1.09. The highest BCUT2D eigenvalue weighted by Crippen LogP contribution is 2.28. The number of H-pyrrole nitrogens is 1. The van der Waals surface area contributed by atoms with Crippen LogP contribution in [-0.4, -0.2) is 26.6 Å². The number of hydrogen-bond donors (Lipinski definition) is 2. The number of thiazole rings is 1. The van der Waals surface area contributed by atoms with Gasteiger partial charge in [-0.15, -0.1) is 23.1 Å². The molecular formula is C19H18N4OS2. The molecule has 0 bridgehead atoms. The van der Waals surface area contributed by atoms with Crippen LogP contribution in [0.4, 0.5) is 5.69 Å². The number of carbonyl (C=O) groups is 1.